The molecule has 0 N–H and O–H groups in total. The van der Waals surface area contributed by atoms with Gasteiger partial charge in [-0.2, -0.15) is 0 Å². The molecule has 106 valence electrons. The molecule has 0 spiro atoms. The minimum atomic E-state index is 0. The number of nitrogens with zero attached hydrogens (tertiary/aromatic N) is 1. The van der Waals surface area contributed by atoms with Gasteiger partial charge in [0.05, 0.1) is 0 Å². The molecule has 0 saturated carbocycles. The van der Waals surface area contributed by atoms with Gasteiger partial charge >= 0.3 is 117 Å². The first kappa shape index (κ1) is 16.9. The molecule has 0 bridgehead atoms. The average Bonchev–Trinajstić information content (AvgIpc) is 2.64. The minimum Gasteiger partial charge on any atom is -1.00 e. The molecule has 0 saturated heterocycles. The van der Waals surface area contributed by atoms with Crippen LogP contribution in [0.25, 0.3) is 0 Å². The van der Waals surface area contributed by atoms with Crippen molar-refractivity contribution in [2.75, 3.05) is 0 Å². The van der Waals surface area contributed by atoms with Crippen molar-refractivity contribution >= 4 is 25.6 Å². The smallest absolute Gasteiger partial charge is 1.00 e. The number of rotatable bonds is 4. The summed E-state index contributed by atoms with van der Waals surface area (Å²) in [5.41, 5.74) is 0.377. The first-order valence-electron chi connectivity index (χ1n) is 6.79. The van der Waals surface area contributed by atoms with Crippen LogP contribution in [0.1, 0.15) is 34.1 Å². The number of hydrogen-bond donors (Lipinski definition) is 0. The Kier molecular flexibility index (Phi) is 6.29. The maximum absolute atomic E-state index is 2.59. The van der Waals surface area contributed by atoms with Gasteiger partial charge in [0.2, 0.25) is 0 Å². The summed E-state index contributed by atoms with van der Waals surface area (Å²) < 4.78 is 4.11. The summed E-state index contributed by atoms with van der Waals surface area (Å²) in [5, 5.41) is 1.33. The third kappa shape index (κ3) is 4.73. The summed E-state index contributed by atoms with van der Waals surface area (Å²) in [4.78, 5) is 0. The van der Waals surface area contributed by atoms with Gasteiger partial charge in [-0.1, -0.05) is 0 Å². The van der Waals surface area contributed by atoms with E-state index >= 15 is 0 Å². The van der Waals surface area contributed by atoms with Gasteiger partial charge in [0.15, 0.2) is 0 Å². The molecule has 0 radical (unpaired) electrons. The van der Waals surface area contributed by atoms with Crippen LogP contribution in [0.4, 0.5) is 0 Å². The predicted molar refractivity (Wildman–Crippen MR) is 80.3 cm³/mol. The van der Waals surface area contributed by atoms with E-state index in [1.807, 2.05) is 0 Å². The quantitative estimate of drug-likeness (QED) is 0.493. The topological polar surface area (TPSA) is 3.01 Å². The summed E-state index contributed by atoms with van der Waals surface area (Å²) in [5.74, 6) is 0. The van der Waals surface area contributed by atoms with Gasteiger partial charge in [-0.3, -0.25) is 0 Å². The molecule has 1 aromatic rings. The van der Waals surface area contributed by atoms with Crippen LogP contribution in [0.15, 0.2) is 30.3 Å². The van der Waals surface area contributed by atoms with Gasteiger partial charge in [-0.05, 0) is 0 Å². The van der Waals surface area contributed by atoms with E-state index in [1.54, 1.807) is 0 Å². The minimum absolute atomic E-state index is 0. The second kappa shape index (κ2) is 7.06. The van der Waals surface area contributed by atoms with E-state index in [0.29, 0.717) is 26.4 Å². The molecule has 1 aliphatic rings. The van der Waals surface area contributed by atoms with E-state index < -0.39 is 0 Å². The van der Waals surface area contributed by atoms with E-state index in [4.69, 9.17) is 0 Å². The molecule has 0 amide bonds. The van der Waals surface area contributed by atoms with Crippen LogP contribution in [0.5, 0.6) is 0 Å². The van der Waals surface area contributed by atoms with Crippen LogP contribution >= 0.6 is 0 Å². The van der Waals surface area contributed by atoms with E-state index in [2.05, 4.69) is 68.8 Å². The van der Waals surface area contributed by atoms with Gasteiger partial charge in [0.1, 0.15) is 0 Å². The zero-order chi connectivity index (χ0) is 13.2. The molecule has 1 aliphatic heterocycles. The second-order valence-corrected chi connectivity index (χ2v) is 8.43. The largest absolute Gasteiger partial charge is 1.00 e. The predicted octanol–water partition coefficient (Wildman–Crippen LogP) is -0.271. The maximum atomic E-state index is 2.59. The molecular formula is C16H24BrNSe. The van der Waals surface area contributed by atoms with E-state index in [1.165, 1.54) is 16.2 Å². The molecule has 1 atom stereocenters. The summed E-state index contributed by atoms with van der Waals surface area (Å²) in [6.07, 6.45) is 3.77. The monoisotopic (exact) mass is 389 g/mol. The third-order valence-corrected chi connectivity index (χ3v) is 5.89. The van der Waals surface area contributed by atoms with E-state index in [-0.39, 0.29) is 17.0 Å². The average molecular weight is 389 g/mol. The molecule has 1 unspecified atom stereocenters. The number of halogens is 1. The molecule has 19 heavy (non-hydrogen) atoms. The Morgan fingerprint density at radius 1 is 1.26 bits per heavy atom. The van der Waals surface area contributed by atoms with Crippen molar-refractivity contribution < 1.29 is 21.6 Å². The molecule has 2 rings (SSSR count). The van der Waals surface area contributed by atoms with Gasteiger partial charge in [-0.25, -0.2) is 0 Å². The van der Waals surface area contributed by atoms with Crippen LogP contribution < -0.4 is 21.4 Å². The summed E-state index contributed by atoms with van der Waals surface area (Å²) in [6, 6.07) is 12.3. The maximum Gasteiger partial charge on any atom is -1.00 e. The standard InChI is InChI=1S/C16H24NSe.BrH/c1-13(2)17-12-16(3,4)10-14(17)11-18-15-8-6-5-7-9-15;/h5-9,12-14H,10-11H2,1-4H3;1H/q+1;/p-1. The van der Waals surface area contributed by atoms with Crippen molar-refractivity contribution in [3.8, 4) is 0 Å². The van der Waals surface area contributed by atoms with Crippen molar-refractivity contribution in [1.29, 1.82) is 0 Å². The number of hydrogen-bond acceptors (Lipinski definition) is 0. The first-order valence-corrected chi connectivity index (χ1v) is 8.86. The second-order valence-electron chi connectivity index (χ2n) is 6.14. The van der Waals surface area contributed by atoms with Crippen molar-refractivity contribution in [2.24, 2.45) is 5.41 Å². The van der Waals surface area contributed by atoms with Crippen LogP contribution in [0.3, 0.4) is 0 Å². The molecule has 1 aromatic carbocycles. The van der Waals surface area contributed by atoms with Gasteiger partial charge in [0.25, 0.3) is 0 Å². The Hall–Kier alpha value is -0.111. The number of benzene rings is 1. The Morgan fingerprint density at radius 2 is 1.89 bits per heavy atom. The molecule has 1 heterocycles. The summed E-state index contributed by atoms with van der Waals surface area (Å²) >= 11 is 0.604. The molecule has 0 aliphatic carbocycles. The Balaban J connectivity index is 0.00000180. The van der Waals surface area contributed by atoms with E-state index in [0.717, 1.165) is 6.04 Å². The molecule has 3 heteroatoms. The van der Waals surface area contributed by atoms with Crippen molar-refractivity contribution in [3.05, 3.63) is 30.3 Å². The van der Waals surface area contributed by atoms with Crippen LogP contribution in [-0.2, 0) is 0 Å². The zero-order valence-electron chi connectivity index (χ0n) is 12.3. The zero-order valence-corrected chi connectivity index (χ0v) is 15.6. The van der Waals surface area contributed by atoms with Crippen molar-refractivity contribution in [2.45, 2.75) is 51.5 Å². The fourth-order valence-corrected chi connectivity index (χ4v) is 4.85. The summed E-state index contributed by atoms with van der Waals surface area (Å²) in [7, 11) is 0. The Bertz CT molecular complexity index is 426. The Labute approximate surface area is 134 Å². The van der Waals surface area contributed by atoms with Gasteiger partial charge in [0, 0.05) is 0 Å². The molecule has 1 nitrogen and oxygen atoms in total. The SMILES string of the molecule is CC(C)[N+]1=CC(C)(C)CC1C[Se]c1ccccc1.[Br-]. The molecule has 0 aromatic heterocycles. The van der Waals surface area contributed by atoms with Crippen LogP contribution in [0, 0.1) is 5.41 Å². The fourth-order valence-electron chi connectivity index (χ4n) is 2.70. The molecule has 0 fully saturated rings. The normalized spacial score (nSPS) is 21.1. The molecular weight excluding hydrogens is 365 g/mol. The fraction of sp³-hybridized carbons (Fsp3) is 0.562. The Morgan fingerprint density at radius 3 is 2.47 bits per heavy atom. The van der Waals surface area contributed by atoms with Crippen molar-refractivity contribution in [3.63, 3.8) is 0 Å². The van der Waals surface area contributed by atoms with Gasteiger partial charge in [-0.15, -0.1) is 0 Å². The third-order valence-electron chi connectivity index (χ3n) is 3.46. The van der Waals surface area contributed by atoms with Crippen LogP contribution in [0.2, 0.25) is 5.32 Å². The van der Waals surface area contributed by atoms with Crippen molar-refractivity contribution in [1.82, 2.24) is 0 Å². The first-order chi connectivity index (χ1) is 8.48. The van der Waals surface area contributed by atoms with Crippen LogP contribution in [-0.4, -0.2) is 37.8 Å². The van der Waals surface area contributed by atoms with E-state index in [9.17, 15) is 0 Å². The summed E-state index contributed by atoms with van der Waals surface area (Å²) in [6.45, 7) is 9.33. The van der Waals surface area contributed by atoms with Gasteiger partial charge < -0.3 is 17.0 Å².